The van der Waals surface area contributed by atoms with Crippen LogP contribution in [0.2, 0.25) is 0 Å². The summed E-state index contributed by atoms with van der Waals surface area (Å²) in [6.45, 7) is 6.11. The lowest BCUT2D eigenvalue weighted by atomic mass is 10.1. The zero-order valence-electron chi connectivity index (χ0n) is 17.1. The maximum atomic E-state index is 12.7. The maximum absolute atomic E-state index is 12.7. The van der Waals surface area contributed by atoms with Crippen molar-refractivity contribution < 1.29 is 4.79 Å². The Balaban J connectivity index is 1.52. The highest BCUT2D eigenvalue weighted by Crippen LogP contribution is 2.24. The van der Waals surface area contributed by atoms with Crippen molar-refractivity contribution in [1.29, 1.82) is 0 Å². The average Bonchev–Trinajstić information content (AvgIpc) is 3.19. The number of nitrogens with one attached hydrogen (secondary N) is 2. The van der Waals surface area contributed by atoms with Crippen LogP contribution < -0.4 is 16.0 Å². The molecule has 4 rings (SSSR count). The van der Waals surface area contributed by atoms with E-state index >= 15 is 0 Å². The van der Waals surface area contributed by atoms with E-state index in [0.29, 0.717) is 16.9 Å². The van der Waals surface area contributed by atoms with E-state index in [4.69, 9.17) is 5.73 Å². The van der Waals surface area contributed by atoms with Crippen LogP contribution in [0.5, 0.6) is 0 Å². The Morgan fingerprint density at radius 2 is 1.70 bits per heavy atom. The van der Waals surface area contributed by atoms with Gasteiger partial charge in [0.15, 0.2) is 0 Å². The van der Waals surface area contributed by atoms with Gasteiger partial charge in [-0.15, -0.1) is 0 Å². The zero-order chi connectivity index (χ0) is 21.1. The molecular formula is C24H25N5O. The number of H-pyrrole nitrogens is 1. The number of imidazole rings is 1. The Hall–Kier alpha value is -3.80. The van der Waals surface area contributed by atoms with Crippen molar-refractivity contribution in [3.05, 3.63) is 72.3 Å². The van der Waals surface area contributed by atoms with Crippen molar-refractivity contribution in [3.8, 4) is 11.4 Å². The van der Waals surface area contributed by atoms with Crippen molar-refractivity contribution >= 4 is 34.0 Å². The van der Waals surface area contributed by atoms with E-state index in [0.717, 1.165) is 41.2 Å². The molecule has 0 fully saturated rings. The van der Waals surface area contributed by atoms with Crippen LogP contribution >= 0.6 is 0 Å². The van der Waals surface area contributed by atoms with Crippen LogP contribution in [-0.4, -0.2) is 29.0 Å². The first-order valence-electron chi connectivity index (χ1n) is 10.1. The Morgan fingerprint density at radius 3 is 2.37 bits per heavy atom. The van der Waals surface area contributed by atoms with Crippen molar-refractivity contribution in [2.24, 2.45) is 0 Å². The van der Waals surface area contributed by atoms with E-state index in [1.807, 2.05) is 66.7 Å². The van der Waals surface area contributed by atoms with E-state index < -0.39 is 0 Å². The third-order valence-electron chi connectivity index (χ3n) is 5.18. The predicted octanol–water partition coefficient (Wildman–Crippen LogP) is 4.91. The Labute approximate surface area is 175 Å². The van der Waals surface area contributed by atoms with Crippen LogP contribution in [0.4, 0.5) is 17.1 Å². The molecule has 0 atom stereocenters. The summed E-state index contributed by atoms with van der Waals surface area (Å²) in [6, 6.07) is 20.9. The summed E-state index contributed by atoms with van der Waals surface area (Å²) in [5, 5.41) is 2.97. The van der Waals surface area contributed by atoms with Gasteiger partial charge in [0, 0.05) is 41.3 Å². The Kier molecular flexibility index (Phi) is 5.39. The van der Waals surface area contributed by atoms with Crippen LogP contribution in [-0.2, 0) is 0 Å². The number of hydrogen-bond acceptors (Lipinski definition) is 4. The molecule has 4 N–H and O–H groups in total. The van der Waals surface area contributed by atoms with Gasteiger partial charge in [0.1, 0.15) is 5.82 Å². The van der Waals surface area contributed by atoms with Gasteiger partial charge >= 0.3 is 0 Å². The summed E-state index contributed by atoms with van der Waals surface area (Å²) < 4.78 is 0. The molecule has 1 amide bonds. The van der Waals surface area contributed by atoms with Crippen molar-refractivity contribution in [1.82, 2.24) is 9.97 Å². The highest BCUT2D eigenvalue weighted by molar-refractivity contribution is 6.05. The van der Waals surface area contributed by atoms with Gasteiger partial charge in [0.05, 0.1) is 11.0 Å². The fourth-order valence-corrected chi connectivity index (χ4v) is 3.48. The minimum absolute atomic E-state index is 0.140. The predicted molar refractivity (Wildman–Crippen MR) is 124 cm³/mol. The summed E-state index contributed by atoms with van der Waals surface area (Å²) in [6.07, 6.45) is 0. The summed E-state index contributed by atoms with van der Waals surface area (Å²) in [5.41, 5.74) is 11.6. The van der Waals surface area contributed by atoms with E-state index in [-0.39, 0.29) is 5.91 Å². The van der Waals surface area contributed by atoms with E-state index in [1.54, 1.807) is 0 Å². The number of fused-ring (bicyclic) bond motifs is 1. The molecule has 0 saturated heterocycles. The number of nitrogen functional groups attached to an aromatic ring is 1. The smallest absolute Gasteiger partial charge is 0.255 e. The molecule has 30 heavy (non-hydrogen) atoms. The summed E-state index contributed by atoms with van der Waals surface area (Å²) >= 11 is 0. The number of hydrogen-bond donors (Lipinski definition) is 3. The topological polar surface area (TPSA) is 87.0 Å². The summed E-state index contributed by atoms with van der Waals surface area (Å²) in [5.74, 6) is 0.624. The summed E-state index contributed by atoms with van der Waals surface area (Å²) in [4.78, 5) is 22.8. The van der Waals surface area contributed by atoms with Crippen molar-refractivity contribution in [3.63, 3.8) is 0 Å². The highest BCUT2D eigenvalue weighted by Gasteiger charge is 2.10. The van der Waals surface area contributed by atoms with Gasteiger partial charge < -0.3 is 20.9 Å². The highest BCUT2D eigenvalue weighted by atomic mass is 16.1. The molecule has 0 spiro atoms. The second kappa shape index (κ2) is 8.29. The number of rotatable bonds is 6. The minimum atomic E-state index is -0.140. The standard InChI is InChI=1S/C24H25N5O/c1-3-29(4-2)20-12-7-17(8-13-20)24(30)26-19-11-14-21-22(15-19)28-23(27-21)16-5-9-18(25)10-6-16/h5-15H,3-4,25H2,1-2H3,(H,26,30)(H,27,28). The van der Waals surface area contributed by atoms with E-state index in [9.17, 15) is 4.79 Å². The zero-order valence-corrected chi connectivity index (χ0v) is 17.1. The number of nitrogens with zero attached hydrogens (tertiary/aromatic N) is 2. The monoisotopic (exact) mass is 399 g/mol. The second-order valence-corrected chi connectivity index (χ2v) is 7.11. The molecule has 0 radical (unpaired) electrons. The molecule has 0 bridgehead atoms. The lowest BCUT2D eigenvalue weighted by Gasteiger charge is -2.21. The number of anilines is 3. The molecule has 152 valence electrons. The number of aromatic nitrogens is 2. The third-order valence-corrected chi connectivity index (χ3v) is 5.18. The molecule has 0 unspecified atom stereocenters. The SMILES string of the molecule is CCN(CC)c1ccc(C(=O)Nc2ccc3nc(-c4ccc(N)cc4)[nH]c3c2)cc1. The molecule has 3 aromatic carbocycles. The minimum Gasteiger partial charge on any atom is -0.399 e. The van der Waals surface area contributed by atoms with E-state index in [1.165, 1.54) is 0 Å². The van der Waals surface area contributed by atoms with Gasteiger partial charge in [-0.05, 0) is 80.6 Å². The number of aromatic amines is 1. The molecule has 6 heteroatoms. The molecule has 0 aliphatic rings. The van der Waals surface area contributed by atoms with Crippen LogP contribution in [0.25, 0.3) is 22.4 Å². The van der Waals surface area contributed by atoms with Crippen molar-refractivity contribution in [2.45, 2.75) is 13.8 Å². The van der Waals surface area contributed by atoms with Gasteiger partial charge in [-0.1, -0.05) is 0 Å². The fourth-order valence-electron chi connectivity index (χ4n) is 3.48. The molecule has 1 heterocycles. The summed E-state index contributed by atoms with van der Waals surface area (Å²) in [7, 11) is 0. The molecule has 4 aromatic rings. The Morgan fingerprint density at radius 1 is 1.00 bits per heavy atom. The molecule has 0 aliphatic heterocycles. The first-order chi connectivity index (χ1) is 14.6. The van der Waals surface area contributed by atoms with Crippen LogP contribution in [0.3, 0.4) is 0 Å². The average molecular weight is 399 g/mol. The first kappa shape index (κ1) is 19.5. The largest absolute Gasteiger partial charge is 0.399 e. The number of carbonyl (C=O) groups is 1. The maximum Gasteiger partial charge on any atom is 0.255 e. The van der Waals surface area contributed by atoms with Crippen molar-refractivity contribution in [2.75, 3.05) is 29.0 Å². The van der Waals surface area contributed by atoms with Gasteiger partial charge in [0.25, 0.3) is 5.91 Å². The van der Waals surface area contributed by atoms with E-state index in [2.05, 4.69) is 34.0 Å². The van der Waals surface area contributed by atoms with Crippen LogP contribution in [0.1, 0.15) is 24.2 Å². The third kappa shape index (κ3) is 3.98. The fraction of sp³-hybridized carbons (Fsp3) is 0.167. The van der Waals surface area contributed by atoms with Gasteiger partial charge in [0.2, 0.25) is 0 Å². The number of amides is 1. The lowest BCUT2D eigenvalue weighted by Crippen LogP contribution is -2.21. The first-order valence-corrected chi connectivity index (χ1v) is 10.1. The van der Waals surface area contributed by atoms with Crippen LogP contribution in [0.15, 0.2) is 66.7 Å². The van der Waals surface area contributed by atoms with Crippen LogP contribution in [0, 0.1) is 0 Å². The van der Waals surface area contributed by atoms with Gasteiger partial charge in [-0.25, -0.2) is 4.98 Å². The number of benzene rings is 3. The van der Waals surface area contributed by atoms with Gasteiger partial charge in [-0.3, -0.25) is 4.79 Å². The molecule has 0 saturated carbocycles. The lowest BCUT2D eigenvalue weighted by molar-refractivity contribution is 0.102. The molecular weight excluding hydrogens is 374 g/mol. The Bertz CT molecular complexity index is 1160. The quantitative estimate of drug-likeness (QED) is 0.402. The molecule has 6 nitrogen and oxygen atoms in total. The van der Waals surface area contributed by atoms with Gasteiger partial charge in [-0.2, -0.15) is 0 Å². The number of carbonyl (C=O) groups excluding carboxylic acids is 1. The normalized spacial score (nSPS) is 10.9. The molecule has 1 aromatic heterocycles. The second-order valence-electron chi connectivity index (χ2n) is 7.11. The number of nitrogens with two attached hydrogens (primary N) is 1. The molecule has 0 aliphatic carbocycles.